The first-order chi connectivity index (χ1) is 10.00. The molecule has 1 saturated carbocycles. The second-order valence-electron chi connectivity index (χ2n) is 7.55. The minimum Gasteiger partial charge on any atom is -0.348 e. The fourth-order valence-corrected chi connectivity index (χ4v) is 5.05. The second-order valence-corrected chi connectivity index (χ2v) is 8.56. The summed E-state index contributed by atoms with van der Waals surface area (Å²) in [4.78, 5) is 8.92. The van der Waals surface area contributed by atoms with Gasteiger partial charge in [-0.05, 0) is 57.4 Å². The smallest absolute Gasteiger partial charge is 0.185 e. The molecule has 1 aromatic heterocycles. The highest BCUT2D eigenvalue weighted by Crippen LogP contribution is 2.41. The molecule has 1 aromatic rings. The van der Waals surface area contributed by atoms with Crippen LogP contribution < -0.4 is 10.2 Å². The Kier molecular flexibility index (Phi) is 4.28. The highest BCUT2D eigenvalue weighted by atomic mass is 32.1. The third-order valence-corrected chi connectivity index (χ3v) is 6.75. The van der Waals surface area contributed by atoms with Gasteiger partial charge in [0.15, 0.2) is 5.13 Å². The Bertz CT molecular complexity index is 484. The molecular weight excluding hydrogens is 278 g/mol. The van der Waals surface area contributed by atoms with Crippen LogP contribution in [0.25, 0.3) is 0 Å². The van der Waals surface area contributed by atoms with Crippen LogP contribution in [0.1, 0.15) is 69.0 Å². The maximum Gasteiger partial charge on any atom is 0.185 e. The molecule has 0 spiro atoms. The van der Waals surface area contributed by atoms with Crippen LogP contribution in [0.3, 0.4) is 0 Å². The van der Waals surface area contributed by atoms with E-state index in [0.29, 0.717) is 17.5 Å². The lowest BCUT2D eigenvalue weighted by atomic mass is 9.75. The molecule has 0 radical (unpaired) electrons. The minimum absolute atomic E-state index is 0.527. The van der Waals surface area contributed by atoms with Crippen molar-refractivity contribution >= 4 is 16.5 Å². The molecule has 0 saturated heterocycles. The summed E-state index contributed by atoms with van der Waals surface area (Å²) in [5.41, 5.74) is 1.89. The number of rotatable bonds is 3. The largest absolute Gasteiger partial charge is 0.348 e. The van der Waals surface area contributed by atoms with E-state index in [9.17, 15) is 0 Å². The van der Waals surface area contributed by atoms with Gasteiger partial charge < -0.3 is 10.2 Å². The molecule has 1 unspecified atom stereocenters. The molecule has 0 bridgehead atoms. The molecule has 3 rings (SSSR count). The standard InChI is InChI=1S/C17H29N3S/c1-17(2)10-8-12(9-11-17)20(4)16-19-14-7-5-6-13(18-3)15(14)21-16/h12-13,18H,5-11H2,1-4H3. The van der Waals surface area contributed by atoms with Crippen LogP contribution in [0.5, 0.6) is 0 Å². The Morgan fingerprint density at radius 1 is 1.24 bits per heavy atom. The molecule has 0 aromatic carbocycles. The van der Waals surface area contributed by atoms with Gasteiger partial charge in [0.25, 0.3) is 0 Å². The van der Waals surface area contributed by atoms with Crippen LogP contribution in [0.15, 0.2) is 0 Å². The Balaban J connectivity index is 1.74. The fourth-order valence-electron chi connectivity index (χ4n) is 3.76. The lowest BCUT2D eigenvalue weighted by Gasteiger charge is -2.38. The Hall–Kier alpha value is -0.610. The summed E-state index contributed by atoms with van der Waals surface area (Å²) in [6, 6.07) is 1.21. The van der Waals surface area contributed by atoms with Gasteiger partial charge in [0.1, 0.15) is 0 Å². The number of nitrogens with zero attached hydrogens (tertiary/aromatic N) is 2. The molecule has 4 heteroatoms. The molecule has 2 aliphatic rings. The van der Waals surface area contributed by atoms with E-state index in [2.05, 4.69) is 38.2 Å². The fraction of sp³-hybridized carbons (Fsp3) is 0.824. The molecule has 0 aliphatic heterocycles. The van der Waals surface area contributed by atoms with Gasteiger partial charge in [0.2, 0.25) is 0 Å². The zero-order valence-electron chi connectivity index (χ0n) is 13.9. The highest BCUT2D eigenvalue weighted by molar-refractivity contribution is 7.15. The summed E-state index contributed by atoms with van der Waals surface area (Å²) >= 11 is 1.92. The Labute approximate surface area is 133 Å². The molecule has 1 fully saturated rings. The van der Waals surface area contributed by atoms with Gasteiger partial charge in [0.05, 0.1) is 5.69 Å². The maximum atomic E-state index is 4.96. The lowest BCUT2D eigenvalue weighted by molar-refractivity contribution is 0.222. The molecule has 118 valence electrons. The topological polar surface area (TPSA) is 28.2 Å². The summed E-state index contributed by atoms with van der Waals surface area (Å²) in [5, 5.41) is 4.70. The van der Waals surface area contributed by atoms with Crippen LogP contribution in [0, 0.1) is 5.41 Å². The maximum absolute atomic E-state index is 4.96. The van der Waals surface area contributed by atoms with Gasteiger partial charge >= 0.3 is 0 Å². The number of hydrogen-bond donors (Lipinski definition) is 1. The zero-order valence-corrected chi connectivity index (χ0v) is 14.7. The molecule has 1 heterocycles. The van der Waals surface area contributed by atoms with Gasteiger partial charge in [0, 0.05) is 24.0 Å². The third kappa shape index (κ3) is 3.11. The first-order valence-electron chi connectivity index (χ1n) is 8.40. The Morgan fingerprint density at radius 2 is 1.95 bits per heavy atom. The van der Waals surface area contributed by atoms with Crippen LogP contribution >= 0.6 is 11.3 Å². The van der Waals surface area contributed by atoms with E-state index in [1.165, 1.54) is 54.2 Å². The van der Waals surface area contributed by atoms with Crippen LogP contribution in [-0.4, -0.2) is 25.1 Å². The summed E-state index contributed by atoms with van der Waals surface area (Å²) < 4.78 is 0. The van der Waals surface area contributed by atoms with Crippen LogP contribution in [0.4, 0.5) is 5.13 Å². The van der Waals surface area contributed by atoms with Gasteiger partial charge in [-0.1, -0.05) is 25.2 Å². The minimum atomic E-state index is 0.527. The normalized spacial score (nSPS) is 25.6. The third-order valence-electron chi connectivity index (χ3n) is 5.45. The van der Waals surface area contributed by atoms with Gasteiger partial charge in [-0.2, -0.15) is 0 Å². The van der Waals surface area contributed by atoms with E-state index in [-0.39, 0.29) is 0 Å². The molecule has 1 atom stereocenters. The first-order valence-corrected chi connectivity index (χ1v) is 9.21. The van der Waals surface area contributed by atoms with Crippen molar-refractivity contribution in [2.45, 2.75) is 70.9 Å². The molecule has 21 heavy (non-hydrogen) atoms. The molecule has 0 amide bonds. The lowest BCUT2D eigenvalue weighted by Crippen LogP contribution is -2.37. The SMILES string of the molecule is CNC1CCCc2nc(N(C)C3CCC(C)(C)CC3)sc21. The predicted molar refractivity (Wildman–Crippen MR) is 91.3 cm³/mol. The molecule has 2 aliphatic carbocycles. The van der Waals surface area contributed by atoms with Crippen LogP contribution in [-0.2, 0) is 6.42 Å². The first kappa shape index (κ1) is 15.3. The summed E-state index contributed by atoms with van der Waals surface area (Å²) in [6.07, 6.45) is 8.98. The van der Waals surface area contributed by atoms with Crippen molar-refractivity contribution in [2.24, 2.45) is 5.41 Å². The van der Waals surface area contributed by atoms with Crippen molar-refractivity contribution in [3.63, 3.8) is 0 Å². The Morgan fingerprint density at radius 3 is 2.62 bits per heavy atom. The quantitative estimate of drug-likeness (QED) is 0.909. The average Bonchev–Trinajstić information content (AvgIpc) is 2.90. The number of fused-ring (bicyclic) bond motifs is 1. The van der Waals surface area contributed by atoms with Gasteiger partial charge in [-0.15, -0.1) is 0 Å². The van der Waals surface area contributed by atoms with Crippen molar-refractivity contribution in [1.29, 1.82) is 0 Å². The summed E-state index contributed by atoms with van der Waals surface area (Å²) in [5.74, 6) is 0. The predicted octanol–water partition coefficient (Wildman–Crippen LogP) is 4.14. The van der Waals surface area contributed by atoms with Gasteiger partial charge in [-0.25, -0.2) is 4.98 Å². The number of nitrogens with one attached hydrogen (secondary N) is 1. The zero-order chi connectivity index (χ0) is 15.0. The van der Waals surface area contributed by atoms with E-state index in [1.807, 2.05) is 11.3 Å². The van der Waals surface area contributed by atoms with Gasteiger partial charge in [-0.3, -0.25) is 0 Å². The van der Waals surface area contributed by atoms with Crippen molar-refractivity contribution in [3.8, 4) is 0 Å². The van der Waals surface area contributed by atoms with E-state index in [0.717, 1.165) is 6.42 Å². The summed E-state index contributed by atoms with van der Waals surface area (Å²) in [6.45, 7) is 4.81. The van der Waals surface area contributed by atoms with Crippen molar-refractivity contribution in [1.82, 2.24) is 10.3 Å². The number of aromatic nitrogens is 1. The summed E-state index contributed by atoms with van der Waals surface area (Å²) in [7, 11) is 4.33. The van der Waals surface area contributed by atoms with E-state index < -0.39 is 0 Å². The molecule has 3 nitrogen and oxygen atoms in total. The second kappa shape index (κ2) is 5.88. The van der Waals surface area contributed by atoms with Crippen molar-refractivity contribution in [3.05, 3.63) is 10.6 Å². The van der Waals surface area contributed by atoms with E-state index in [4.69, 9.17) is 4.98 Å². The number of thiazole rings is 1. The molecule has 1 N–H and O–H groups in total. The number of hydrogen-bond acceptors (Lipinski definition) is 4. The monoisotopic (exact) mass is 307 g/mol. The highest BCUT2D eigenvalue weighted by Gasteiger charge is 2.31. The van der Waals surface area contributed by atoms with Crippen LogP contribution in [0.2, 0.25) is 0 Å². The van der Waals surface area contributed by atoms with E-state index >= 15 is 0 Å². The molecular formula is C17H29N3S. The average molecular weight is 308 g/mol. The number of anilines is 1. The van der Waals surface area contributed by atoms with E-state index in [1.54, 1.807) is 0 Å². The number of aryl methyl sites for hydroxylation is 1. The van der Waals surface area contributed by atoms with Crippen molar-refractivity contribution in [2.75, 3.05) is 19.0 Å². The van der Waals surface area contributed by atoms with Crippen molar-refractivity contribution < 1.29 is 0 Å².